The molecule has 31 heavy (non-hydrogen) atoms. The van der Waals surface area contributed by atoms with E-state index in [1.807, 2.05) is 30.3 Å². The Morgan fingerprint density at radius 1 is 0.710 bits per heavy atom. The Morgan fingerprint density at radius 3 is 1.94 bits per heavy atom. The minimum Gasteiger partial charge on any atom is -0.375 e. The standard InChI is InChI=1S/C23H20Cl3N3O2/c24-18-12-20(26)21(13-19(18)25)27-14-23(31)29-17-9-7-16(8-10-17)28-22(30)11-6-15-4-2-1-3-5-15/h1-5,7-10,12-13,27H,6,11,14H2,(H,28,30)(H,29,31). The first kappa shape index (κ1) is 22.9. The summed E-state index contributed by atoms with van der Waals surface area (Å²) in [6.07, 6.45) is 1.07. The van der Waals surface area contributed by atoms with E-state index >= 15 is 0 Å². The topological polar surface area (TPSA) is 70.2 Å². The van der Waals surface area contributed by atoms with Gasteiger partial charge in [0.15, 0.2) is 0 Å². The zero-order valence-corrected chi connectivity index (χ0v) is 18.7. The van der Waals surface area contributed by atoms with E-state index in [1.165, 1.54) is 6.07 Å². The molecule has 0 fully saturated rings. The Balaban J connectivity index is 1.46. The highest BCUT2D eigenvalue weighted by atomic mass is 35.5. The second-order valence-electron chi connectivity index (χ2n) is 6.76. The van der Waals surface area contributed by atoms with Gasteiger partial charge in [0.05, 0.1) is 27.3 Å². The van der Waals surface area contributed by atoms with Gasteiger partial charge in [0.25, 0.3) is 0 Å². The van der Waals surface area contributed by atoms with Crippen LogP contribution in [-0.4, -0.2) is 18.4 Å². The summed E-state index contributed by atoms with van der Waals surface area (Å²) in [4.78, 5) is 24.3. The van der Waals surface area contributed by atoms with Crippen molar-refractivity contribution in [3.05, 3.63) is 87.4 Å². The van der Waals surface area contributed by atoms with Crippen LogP contribution in [0.2, 0.25) is 15.1 Å². The smallest absolute Gasteiger partial charge is 0.243 e. The molecule has 0 bridgehead atoms. The monoisotopic (exact) mass is 475 g/mol. The van der Waals surface area contributed by atoms with Gasteiger partial charge in [-0.15, -0.1) is 0 Å². The van der Waals surface area contributed by atoms with Gasteiger partial charge >= 0.3 is 0 Å². The summed E-state index contributed by atoms with van der Waals surface area (Å²) in [5.74, 6) is -0.329. The first-order chi connectivity index (χ1) is 14.9. The first-order valence-electron chi connectivity index (χ1n) is 9.53. The normalized spacial score (nSPS) is 10.4. The zero-order chi connectivity index (χ0) is 22.2. The number of carbonyl (C=O) groups is 2. The number of carbonyl (C=O) groups excluding carboxylic acids is 2. The van der Waals surface area contributed by atoms with Gasteiger partial charge in [-0.05, 0) is 48.4 Å². The molecule has 3 N–H and O–H groups in total. The Morgan fingerprint density at radius 2 is 1.29 bits per heavy atom. The van der Waals surface area contributed by atoms with Crippen molar-refractivity contribution in [2.24, 2.45) is 0 Å². The van der Waals surface area contributed by atoms with Crippen LogP contribution in [0, 0.1) is 0 Å². The van der Waals surface area contributed by atoms with E-state index < -0.39 is 0 Å². The van der Waals surface area contributed by atoms with E-state index in [1.54, 1.807) is 30.3 Å². The minimum absolute atomic E-state index is 0.00431. The minimum atomic E-state index is -0.262. The van der Waals surface area contributed by atoms with Crippen LogP contribution >= 0.6 is 34.8 Å². The molecular formula is C23H20Cl3N3O2. The molecule has 0 unspecified atom stereocenters. The Kier molecular flexibility index (Phi) is 8.18. The van der Waals surface area contributed by atoms with Crippen LogP contribution in [0.4, 0.5) is 17.1 Å². The summed E-state index contributed by atoms with van der Waals surface area (Å²) in [6, 6.07) is 19.8. The number of hydrogen-bond donors (Lipinski definition) is 3. The van der Waals surface area contributed by atoms with E-state index in [9.17, 15) is 9.59 Å². The van der Waals surface area contributed by atoms with Crippen molar-refractivity contribution in [3.8, 4) is 0 Å². The molecule has 0 aliphatic carbocycles. The fraction of sp³-hybridized carbons (Fsp3) is 0.130. The molecule has 3 rings (SSSR count). The van der Waals surface area contributed by atoms with Gasteiger partial charge in [-0.3, -0.25) is 9.59 Å². The second-order valence-corrected chi connectivity index (χ2v) is 7.98. The van der Waals surface area contributed by atoms with Crippen molar-refractivity contribution in [1.29, 1.82) is 0 Å². The van der Waals surface area contributed by atoms with Crippen molar-refractivity contribution < 1.29 is 9.59 Å². The van der Waals surface area contributed by atoms with Crippen molar-refractivity contribution >= 4 is 63.7 Å². The molecule has 0 aromatic heterocycles. The van der Waals surface area contributed by atoms with Crippen LogP contribution < -0.4 is 16.0 Å². The number of anilines is 3. The van der Waals surface area contributed by atoms with Gasteiger partial charge in [-0.1, -0.05) is 65.1 Å². The third-order valence-corrected chi connectivity index (χ3v) is 5.42. The molecule has 160 valence electrons. The molecule has 0 saturated heterocycles. The van der Waals surface area contributed by atoms with Crippen LogP contribution in [0.1, 0.15) is 12.0 Å². The molecule has 0 radical (unpaired) electrons. The predicted octanol–water partition coefficient (Wildman–Crippen LogP) is 6.27. The van der Waals surface area contributed by atoms with Gasteiger partial charge in [0.1, 0.15) is 0 Å². The van der Waals surface area contributed by atoms with Crippen molar-refractivity contribution in [2.75, 3.05) is 22.5 Å². The van der Waals surface area contributed by atoms with Gasteiger partial charge < -0.3 is 16.0 Å². The summed E-state index contributed by atoms with van der Waals surface area (Å²) in [6.45, 7) is -0.00431. The number of aryl methyl sites for hydroxylation is 1. The fourth-order valence-corrected chi connectivity index (χ4v) is 3.42. The molecule has 0 spiro atoms. The number of nitrogens with one attached hydrogen (secondary N) is 3. The second kappa shape index (κ2) is 11.0. The molecule has 8 heteroatoms. The molecule has 0 saturated carbocycles. The number of rotatable bonds is 8. The summed E-state index contributed by atoms with van der Waals surface area (Å²) < 4.78 is 0. The summed E-state index contributed by atoms with van der Waals surface area (Å²) in [5.41, 5.74) is 2.90. The fourth-order valence-electron chi connectivity index (χ4n) is 2.80. The average molecular weight is 477 g/mol. The lowest BCUT2D eigenvalue weighted by Crippen LogP contribution is -2.21. The number of amides is 2. The van der Waals surface area contributed by atoms with Gasteiger partial charge in [-0.2, -0.15) is 0 Å². The highest BCUT2D eigenvalue weighted by Gasteiger charge is 2.09. The van der Waals surface area contributed by atoms with Gasteiger partial charge in [-0.25, -0.2) is 0 Å². The molecule has 0 aliphatic rings. The number of halogens is 3. The highest BCUT2D eigenvalue weighted by molar-refractivity contribution is 6.44. The van der Waals surface area contributed by atoms with E-state index in [2.05, 4.69) is 16.0 Å². The van der Waals surface area contributed by atoms with E-state index in [0.29, 0.717) is 45.0 Å². The molecule has 5 nitrogen and oxygen atoms in total. The lowest BCUT2D eigenvalue weighted by Gasteiger charge is -2.11. The van der Waals surface area contributed by atoms with E-state index in [0.717, 1.165) is 5.56 Å². The van der Waals surface area contributed by atoms with E-state index in [-0.39, 0.29) is 18.4 Å². The summed E-state index contributed by atoms with van der Waals surface area (Å²) in [5, 5.41) is 9.60. The van der Waals surface area contributed by atoms with Crippen molar-refractivity contribution in [2.45, 2.75) is 12.8 Å². The van der Waals surface area contributed by atoms with Crippen LogP contribution in [-0.2, 0) is 16.0 Å². The van der Waals surface area contributed by atoms with Crippen LogP contribution in [0.5, 0.6) is 0 Å². The van der Waals surface area contributed by atoms with Gasteiger partial charge in [0, 0.05) is 17.8 Å². The molecular weight excluding hydrogens is 457 g/mol. The highest BCUT2D eigenvalue weighted by Crippen LogP contribution is 2.32. The molecule has 0 atom stereocenters. The summed E-state index contributed by atoms with van der Waals surface area (Å²) >= 11 is 18.0. The quantitative estimate of drug-likeness (QED) is 0.336. The maximum Gasteiger partial charge on any atom is 0.243 e. The lowest BCUT2D eigenvalue weighted by atomic mass is 10.1. The molecule has 3 aromatic rings. The van der Waals surface area contributed by atoms with E-state index in [4.69, 9.17) is 34.8 Å². The third kappa shape index (κ3) is 7.17. The number of benzene rings is 3. The zero-order valence-electron chi connectivity index (χ0n) is 16.4. The Bertz CT molecular complexity index is 1060. The predicted molar refractivity (Wildman–Crippen MR) is 128 cm³/mol. The summed E-state index contributed by atoms with van der Waals surface area (Å²) in [7, 11) is 0. The maximum atomic E-state index is 12.2. The van der Waals surface area contributed by atoms with Crippen LogP contribution in [0.25, 0.3) is 0 Å². The SMILES string of the molecule is O=C(CCc1ccccc1)Nc1ccc(NC(=O)CNc2cc(Cl)c(Cl)cc2Cl)cc1. The van der Waals surface area contributed by atoms with Crippen LogP contribution in [0.15, 0.2) is 66.7 Å². The third-order valence-electron chi connectivity index (χ3n) is 4.39. The first-order valence-corrected chi connectivity index (χ1v) is 10.7. The largest absolute Gasteiger partial charge is 0.375 e. The molecule has 0 aliphatic heterocycles. The maximum absolute atomic E-state index is 12.2. The Hall–Kier alpha value is -2.73. The van der Waals surface area contributed by atoms with Crippen LogP contribution in [0.3, 0.4) is 0 Å². The molecule has 0 heterocycles. The van der Waals surface area contributed by atoms with Gasteiger partial charge in [0.2, 0.25) is 11.8 Å². The number of hydrogen-bond acceptors (Lipinski definition) is 3. The molecule has 3 aromatic carbocycles. The Labute approximate surface area is 195 Å². The average Bonchev–Trinajstić information content (AvgIpc) is 2.76. The molecule has 2 amide bonds. The van der Waals surface area contributed by atoms with Crippen molar-refractivity contribution in [3.63, 3.8) is 0 Å². The lowest BCUT2D eigenvalue weighted by molar-refractivity contribution is -0.116. The van der Waals surface area contributed by atoms with Crippen molar-refractivity contribution in [1.82, 2.24) is 0 Å².